The number of ether oxygens (including phenoxy) is 1. The first kappa shape index (κ1) is 12.2. The van der Waals surface area contributed by atoms with Gasteiger partial charge in [-0.25, -0.2) is 4.39 Å². The summed E-state index contributed by atoms with van der Waals surface area (Å²) in [5, 5.41) is 1.02. The lowest BCUT2D eigenvalue weighted by atomic mass is 10.2. The zero-order valence-electron chi connectivity index (χ0n) is 8.79. The molecule has 17 heavy (non-hydrogen) atoms. The van der Waals surface area contributed by atoms with Crippen molar-refractivity contribution < 1.29 is 9.13 Å². The van der Waals surface area contributed by atoms with Crippen LogP contribution in [0.3, 0.4) is 0 Å². The average Bonchev–Trinajstić information content (AvgIpc) is 2.30. The lowest BCUT2D eigenvalue weighted by Gasteiger charge is -2.08. The summed E-state index contributed by atoms with van der Waals surface area (Å²) in [6, 6.07) is 11.2. The first-order valence-corrected chi connectivity index (χ1v) is 5.73. The van der Waals surface area contributed by atoms with Gasteiger partial charge in [0.1, 0.15) is 18.2 Å². The van der Waals surface area contributed by atoms with E-state index in [0.29, 0.717) is 15.8 Å². The molecule has 1 nitrogen and oxygen atoms in total. The Morgan fingerprint density at radius 2 is 1.88 bits per heavy atom. The summed E-state index contributed by atoms with van der Waals surface area (Å²) in [5.41, 5.74) is 0.737. The van der Waals surface area contributed by atoms with Crippen molar-refractivity contribution in [3.63, 3.8) is 0 Å². The Hall–Kier alpha value is -1.25. The molecule has 0 aliphatic rings. The summed E-state index contributed by atoms with van der Waals surface area (Å²) < 4.78 is 18.4. The quantitative estimate of drug-likeness (QED) is 0.785. The van der Waals surface area contributed by atoms with Crippen LogP contribution in [-0.4, -0.2) is 0 Å². The molecule has 2 aromatic rings. The van der Waals surface area contributed by atoms with Crippen LogP contribution in [-0.2, 0) is 6.61 Å². The SMILES string of the molecule is Fc1cccc(COc2cc(Cl)ccc2Cl)c1. The van der Waals surface area contributed by atoms with Crippen molar-refractivity contribution in [1.82, 2.24) is 0 Å². The topological polar surface area (TPSA) is 9.23 Å². The summed E-state index contributed by atoms with van der Waals surface area (Å²) >= 11 is 11.8. The molecule has 0 aliphatic heterocycles. The third kappa shape index (κ3) is 3.35. The molecule has 4 heteroatoms. The van der Waals surface area contributed by atoms with Gasteiger partial charge in [-0.15, -0.1) is 0 Å². The van der Waals surface area contributed by atoms with Gasteiger partial charge in [0, 0.05) is 11.1 Å². The molecule has 0 aliphatic carbocycles. The molecule has 2 rings (SSSR count). The molecule has 0 heterocycles. The zero-order chi connectivity index (χ0) is 12.3. The van der Waals surface area contributed by atoms with Crippen LogP contribution in [0.5, 0.6) is 5.75 Å². The Morgan fingerprint density at radius 3 is 2.65 bits per heavy atom. The third-order valence-corrected chi connectivity index (χ3v) is 2.72. The first-order valence-electron chi connectivity index (χ1n) is 4.97. The number of hydrogen-bond acceptors (Lipinski definition) is 1. The van der Waals surface area contributed by atoms with E-state index in [0.717, 1.165) is 5.56 Å². The highest BCUT2D eigenvalue weighted by Crippen LogP contribution is 2.28. The molecule has 2 aromatic carbocycles. The van der Waals surface area contributed by atoms with Crippen molar-refractivity contribution in [2.75, 3.05) is 0 Å². The largest absolute Gasteiger partial charge is 0.487 e. The van der Waals surface area contributed by atoms with E-state index in [2.05, 4.69) is 0 Å². The van der Waals surface area contributed by atoms with Crippen LogP contribution in [0, 0.1) is 5.82 Å². The van der Waals surface area contributed by atoms with Crippen molar-refractivity contribution in [2.24, 2.45) is 0 Å². The van der Waals surface area contributed by atoms with Crippen molar-refractivity contribution >= 4 is 23.2 Å². The van der Waals surface area contributed by atoms with Crippen LogP contribution in [0.15, 0.2) is 42.5 Å². The van der Waals surface area contributed by atoms with Gasteiger partial charge in [-0.2, -0.15) is 0 Å². The van der Waals surface area contributed by atoms with Crippen molar-refractivity contribution in [3.8, 4) is 5.75 Å². The predicted molar refractivity (Wildman–Crippen MR) is 67.2 cm³/mol. The van der Waals surface area contributed by atoms with E-state index in [1.807, 2.05) is 0 Å². The molecule has 0 spiro atoms. The summed E-state index contributed by atoms with van der Waals surface area (Å²) in [4.78, 5) is 0. The minimum absolute atomic E-state index is 0.248. The number of halogens is 3. The van der Waals surface area contributed by atoms with Crippen LogP contribution in [0.4, 0.5) is 4.39 Å². The van der Waals surface area contributed by atoms with Gasteiger partial charge in [-0.3, -0.25) is 0 Å². The van der Waals surface area contributed by atoms with E-state index in [9.17, 15) is 4.39 Å². The second kappa shape index (κ2) is 5.39. The van der Waals surface area contributed by atoms with Gasteiger partial charge >= 0.3 is 0 Å². The fraction of sp³-hybridized carbons (Fsp3) is 0.0769. The second-order valence-electron chi connectivity index (χ2n) is 3.49. The van der Waals surface area contributed by atoms with Crippen LogP contribution < -0.4 is 4.74 Å². The van der Waals surface area contributed by atoms with E-state index >= 15 is 0 Å². The lowest BCUT2D eigenvalue weighted by molar-refractivity contribution is 0.306. The number of hydrogen-bond donors (Lipinski definition) is 0. The van der Waals surface area contributed by atoms with E-state index in [1.165, 1.54) is 12.1 Å². The monoisotopic (exact) mass is 270 g/mol. The van der Waals surface area contributed by atoms with E-state index in [-0.39, 0.29) is 12.4 Å². The molecule has 88 valence electrons. The average molecular weight is 271 g/mol. The minimum Gasteiger partial charge on any atom is -0.487 e. The van der Waals surface area contributed by atoms with Crippen LogP contribution in [0.1, 0.15) is 5.56 Å². The maximum atomic E-state index is 12.9. The number of rotatable bonds is 3. The van der Waals surface area contributed by atoms with E-state index in [4.69, 9.17) is 27.9 Å². The molecule has 0 N–H and O–H groups in total. The van der Waals surface area contributed by atoms with Crippen LogP contribution in [0.25, 0.3) is 0 Å². The third-order valence-electron chi connectivity index (χ3n) is 2.18. The van der Waals surface area contributed by atoms with Gasteiger partial charge in [0.25, 0.3) is 0 Å². The zero-order valence-corrected chi connectivity index (χ0v) is 10.3. The summed E-state index contributed by atoms with van der Waals surface area (Å²) in [6.07, 6.45) is 0. The molecule has 0 radical (unpaired) electrons. The summed E-state index contributed by atoms with van der Waals surface area (Å²) in [6.45, 7) is 0.248. The number of benzene rings is 2. The second-order valence-corrected chi connectivity index (χ2v) is 4.34. The molecular formula is C13H9Cl2FO. The van der Waals surface area contributed by atoms with Gasteiger partial charge < -0.3 is 4.74 Å². The molecule has 0 atom stereocenters. The molecule has 0 unspecified atom stereocenters. The van der Waals surface area contributed by atoms with Gasteiger partial charge in [-0.1, -0.05) is 35.3 Å². The van der Waals surface area contributed by atoms with Gasteiger partial charge in [-0.05, 0) is 29.8 Å². The maximum Gasteiger partial charge on any atom is 0.139 e. The molecule has 0 amide bonds. The standard InChI is InChI=1S/C13H9Cl2FO/c14-10-4-5-12(15)13(7-10)17-8-9-2-1-3-11(16)6-9/h1-7H,8H2. The molecule has 0 aromatic heterocycles. The van der Waals surface area contributed by atoms with Gasteiger partial charge in [0.15, 0.2) is 0 Å². The van der Waals surface area contributed by atoms with Crippen LogP contribution in [0.2, 0.25) is 10.0 Å². The summed E-state index contributed by atoms with van der Waals surface area (Å²) in [5.74, 6) is 0.201. The summed E-state index contributed by atoms with van der Waals surface area (Å²) in [7, 11) is 0. The smallest absolute Gasteiger partial charge is 0.139 e. The van der Waals surface area contributed by atoms with Crippen molar-refractivity contribution in [1.29, 1.82) is 0 Å². The van der Waals surface area contributed by atoms with E-state index in [1.54, 1.807) is 30.3 Å². The fourth-order valence-corrected chi connectivity index (χ4v) is 1.71. The first-order chi connectivity index (χ1) is 8.15. The highest BCUT2D eigenvalue weighted by Gasteiger charge is 2.03. The Labute approximate surface area is 109 Å². The molecule has 0 bridgehead atoms. The van der Waals surface area contributed by atoms with Gasteiger partial charge in [0.2, 0.25) is 0 Å². The molecule has 0 saturated carbocycles. The molecule has 0 saturated heterocycles. The Morgan fingerprint density at radius 1 is 1.06 bits per heavy atom. The lowest BCUT2D eigenvalue weighted by Crippen LogP contribution is -1.96. The normalized spacial score (nSPS) is 10.3. The van der Waals surface area contributed by atoms with Crippen LogP contribution >= 0.6 is 23.2 Å². The van der Waals surface area contributed by atoms with Gasteiger partial charge in [0.05, 0.1) is 5.02 Å². The van der Waals surface area contributed by atoms with Crippen molar-refractivity contribution in [3.05, 3.63) is 63.9 Å². The molecular weight excluding hydrogens is 262 g/mol. The fourth-order valence-electron chi connectivity index (χ4n) is 1.38. The van der Waals surface area contributed by atoms with E-state index < -0.39 is 0 Å². The molecule has 0 fully saturated rings. The minimum atomic E-state index is -0.289. The Kier molecular flexibility index (Phi) is 3.87. The predicted octanol–water partition coefficient (Wildman–Crippen LogP) is 4.71. The Balaban J connectivity index is 2.09. The highest BCUT2D eigenvalue weighted by atomic mass is 35.5. The Bertz CT molecular complexity index is 529. The highest BCUT2D eigenvalue weighted by molar-refractivity contribution is 6.34. The maximum absolute atomic E-state index is 12.9. The van der Waals surface area contributed by atoms with Crippen molar-refractivity contribution in [2.45, 2.75) is 6.61 Å².